The average molecular weight is 800 g/mol. The molecule has 298 valence electrons. The summed E-state index contributed by atoms with van der Waals surface area (Å²) in [4.78, 5) is 13.2. The third-order valence-corrected chi connectivity index (χ3v) is 14.2. The van der Waals surface area contributed by atoms with Crippen molar-refractivity contribution in [3.63, 3.8) is 0 Å². The van der Waals surface area contributed by atoms with Gasteiger partial charge < -0.3 is 14.8 Å². The Bertz CT molecular complexity index is 3320. The molecule has 0 fully saturated rings. The van der Waals surface area contributed by atoms with E-state index in [1.54, 1.807) is 0 Å². The van der Waals surface area contributed by atoms with Crippen molar-refractivity contribution in [1.82, 2.24) is 9.88 Å². The van der Waals surface area contributed by atoms with Crippen molar-refractivity contribution >= 4 is 60.7 Å². The van der Waals surface area contributed by atoms with Crippen LogP contribution in [0.1, 0.15) is 60.5 Å². The lowest BCUT2D eigenvalue weighted by Gasteiger charge is -2.40. The van der Waals surface area contributed by atoms with Crippen LogP contribution in [0.2, 0.25) is 0 Å². The van der Waals surface area contributed by atoms with E-state index in [2.05, 4.69) is 203 Å². The van der Waals surface area contributed by atoms with Crippen LogP contribution < -0.4 is 10.2 Å². The summed E-state index contributed by atoms with van der Waals surface area (Å²) in [6, 6.07) is 58.0. The Morgan fingerprint density at radius 3 is 2.23 bits per heavy atom. The summed E-state index contributed by atoms with van der Waals surface area (Å²) in [5.41, 5.74) is 11.8. The van der Waals surface area contributed by atoms with E-state index < -0.39 is 0 Å². The van der Waals surface area contributed by atoms with Crippen LogP contribution in [-0.2, 0) is 0 Å². The second kappa shape index (κ2) is 14.2. The number of aliphatic imine (C=N–C) groups is 2. The number of amidine groups is 2. The third kappa shape index (κ3) is 5.68. The highest BCUT2D eigenvalue weighted by Gasteiger charge is 2.44. The topological polar surface area (TPSA) is 44.9 Å². The lowest BCUT2D eigenvalue weighted by Crippen LogP contribution is -2.40. The molecule has 3 aliphatic carbocycles. The second-order valence-electron chi connectivity index (χ2n) is 17.6. The van der Waals surface area contributed by atoms with Gasteiger partial charge in [0.15, 0.2) is 6.17 Å². The van der Waals surface area contributed by atoms with E-state index in [0.29, 0.717) is 17.9 Å². The molecule has 1 N–H and O–H groups in total. The summed E-state index contributed by atoms with van der Waals surface area (Å²) >= 11 is 0. The number of allylic oxidation sites excluding steroid dienone is 6. The zero-order valence-corrected chi connectivity index (χ0v) is 34.4. The summed E-state index contributed by atoms with van der Waals surface area (Å²) in [7, 11) is 0. The van der Waals surface area contributed by atoms with Gasteiger partial charge in [-0.1, -0.05) is 152 Å². The third-order valence-electron chi connectivity index (χ3n) is 14.2. The van der Waals surface area contributed by atoms with Crippen LogP contribution in [0, 0.1) is 5.92 Å². The van der Waals surface area contributed by atoms with E-state index in [4.69, 9.17) is 9.98 Å². The number of nitrogens with zero attached hydrogens (tertiary/aromatic N) is 4. The highest BCUT2D eigenvalue weighted by atomic mass is 15.2. The molecule has 0 saturated heterocycles. The van der Waals surface area contributed by atoms with Crippen molar-refractivity contribution in [1.29, 1.82) is 0 Å². The fourth-order valence-electron chi connectivity index (χ4n) is 11.3. The molecule has 7 aromatic carbocycles. The average Bonchev–Trinajstić information content (AvgIpc) is 3.84. The number of nitrogens with one attached hydrogen (secondary N) is 1. The molecule has 8 aromatic rings. The van der Waals surface area contributed by atoms with E-state index in [1.165, 1.54) is 71.4 Å². The molecule has 2 aliphatic heterocycles. The number of rotatable bonds is 5. The minimum absolute atomic E-state index is 0.212. The lowest BCUT2D eigenvalue weighted by molar-refractivity contribution is 0.399. The fraction of sp³-hybridized carbons (Fsp3) is 0.158. The Kier molecular flexibility index (Phi) is 8.12. The van der Waals surface area contributed by atoms with Gasteiger partial charge in [0.1, 0.15) is 11.7 Å². The Hall–Kier alpha value is -7.24. The molecular weight excluding hydrogens is 755 g/mol. The van der Waals surface area contributed by atoms with Crippen molar-refractivity contribution in [2.24, 2.45) is 15.9 Å². The molecule has 13 rings (SSSR count). The molecule has 0 spiro atoms. The summed E-state index contributed by atoms with van der Waals surface area (Å²) in [6.07, 6.45) is 15.9. The second-order valence-corrected chi connectivity index (χ2v) is 17.6. The van der Waals surface area contributed by atoms with Gasteiger partial charge in [-0.05, 0) is 106 Å². The summed E-state index contributed by atoms with van der Waals surface area (Å²) in [5, 5.41) is 11.4. The molecule has 0 bridgehead atoms. The summed E-state index contributed by atoms with van der Waals surface area (Å²) < 4.78 is 2.65. The molecule has 3 heterocycles. The molecule has 62 heavy (non-hydrogen) atoms. The normalized spacial score (nSPS) is 22.9. The minimum atomic E-state index is -0.303. The Morgan fingerprint density at radius 1 is 0.629 bits per heavy atom. The van der Waals surface area contributed by atoms with Gasteiger partial charge in [-0.15, -0.1) is 0 Å². The van der Waals surface area contributed by atoms with Crippen molar-refractivity contribution in [2.75, 3.05) is 4.90 Å². The van der Waals surface area contributed by atoms with Crippen LogP contribution >= 0.6 is 0 Å². The van der Waals surface area contributed by atoms with E-state index in [9.17, 15) is 0 Å². The standard InChI is InChI=1S/C57H45N5/c1-2-14-37(15-3-1)55-58-56(60-57(59-55)43-26-25-36-13-4-5-16-39(36)31-43)38-27-29-44(30-28-38)61-50-22-10-8-21-46(50)49-35-47-42(34-53(49)61)19-12-24-52(47)62-51-23-11-9-20-45(51)48-32-40-17-6-7-18-41(40)33-54(48)62/h1-27,31-34,44,47,49,52,55H,28-30,35H2,(H,58,59,60). The first-order chi connectivity index (χ1) is 30.7. The van der Waals surface area contributed by atoms with Crippen LogP contribution in [0.15, 0.2) is 215 Å². The van der Waals surface area contributed by atoms with Crippen LogP contribution in [0.25, 0.3) is 43.4 Å². The number of para-hydroxylation sites is 2. The zero-order valence-electron chi connectivity index (χ0n) is 34.4. The largest absolute Gasteiger partial charge is 0.341 e. The molecule has 5 unspecified atom stereocenters. The molecule has 5 heteroatoms. The molecule has 0 amide bonds. The number of benzene rings is 7. The van der Waals surface area contributed by atoms with Crippen molar-refractivity contribution < 1.29 is 0 Å². The minimum Gasteiger partial charge on any atom is -0.341 e. The smallest absolute Gasteiger partial charge is 0.169 e. The highest BCUT2D eigenvalue weighted by molar-refractivity contribution is 6.16. The molecule has 5 nitrogen and oxygen atoms in total. The number of anilines is 1. The Morgan fingerprint density at radius 2 is 1.37 bits per heavy atom. The van der Waals surface area contributed by atoms with Crippen molar-refractivity contribution in [3.05, 3.63) is 222 Å². The van der Waals surface area contributed by atoms with Crippen molar-refractivity contribution in [3.8, 4) is 0 Å². The maximum Gasteiger partial charge on any atom is 0.169 e. The van der Waals surface area contributed by atoms with Gasteiger partial charge >= 0.3 is 0 Å². The van der Waals surface area contributed by atoms with Gasteiger partial charge in [0, 0.05) is 51.1 Å². The van der Waals surface area contributed by atoms with Crippen LogP contribution in [0.4, 0.5) is 5.69 Å². The highest BCUT2D eigenvalue weighted by Crippen LogP contribution is 2.55. The zero-order chi connectivity index (χ0) is 40.7. The monoisotopic (exact) mass is 799 g/mol. The van der Waals surface area contributed by atoms with Crippen LogP contribution in [-0.4, -0.2) is 22.3 Å². The van der Waals surface area contributed by atoms with E-state index in [0.717, 1.165) is 48.5 Å². The molecule has 1 aromatic heterocycles. The Labute approximate surface area is 361 Å². The summed E-state index contributed by atoms with van der Waals surface area (Å²) in [5.74, 6) is 2.52. The van der Waals surface area contributed by atoms with Gasteiger partial charge in [-0.2, -0.15) is 0 Å². The predicted octanol–water partition coefficient (Wildman–Crippen LogP) is 13.3. The van der Waals surface area contributed by atoms with Gasteiger partial charge in [0.05, 0.1) is 11.6 Å². The SMILES string of the molecule is C1=CC(n2c3ccccc3c3cc4ccccc4cc32)C2CC3C(=CC2=C1)N(C1CC=C(C2=NC(c4ccccc4)N=C(c4ccc5ccccc5c4)N2)CC1)c1ccccc13. The number of hydrogen-bond acceptors (Lipinski definition) is 4. The predicted molar refractivity (Wildman–Crippen MR) is 257 cm³/mol. The first kappa shape index (κ1) is 35.5. The molecule has 0 saturated carbocycles. The number of aromatic nitrogens is 1. The van der Waals surface area contributed by atoms with Crippen LogP contribution in [0.5, 0.6) is 0 Å². The van der Waals surface area contributed by atoms with E-state index >= 15 is 0 Å². The summed E-state index contributed by atoms with van der Waals surface area (Å²) in [6.45, 7) is 0. The Balaban J connectivity index is 0.832. The van der Waals surface area contributed by atoms with Gasteiger partial charge in [0.2, 0.25) is 0 Å². The molecule has 5 atom stereocenters. The maximum atomic E-state index is 5.27. The van der Waals surface area contributed by atoms with E-state index in [-0.39, 0.29) is 12.2 Å². The first-order valence-corrected chi connectivity index (χ1v) is 22.3. The molecule has 0 radical (unpaired) electrons. The molecular formula is C57H45N5. The number of fused-ring (bicyclic) bond motifs is 9. The maximum absolute atomic E-state index is 5.27. The number of hydrogen-bond donors (Lipinski definition) is 1. The van der Waals surface area contributed by atoms with Gasteiger partial charge in [-0.3, -0.25) is 0 Å². The van der Waals surface area contributed by atoms with Gasteiger partial charge in [-0.25, -0.2) is 9.98 Å². The first-order valence-electron chi connectivity index (χ1n) is 22.3. The van der Waals surface area contributed by atoms with Crippen LogP contribution in [0.3, 0.4) is 0 Å². The molecule has 5 aliphatic rings. The fourth-order valence-corrected chi connectivity index (χ4v) is 11.3. The van der Waals surface area contributed by atoms with Gasteiger partial charge in [0.25, 0.3) is 0 Å². The van der Waals surface area contributed by atoms with E-state index in [1.807, 2.05) is 0 Å². The quantitative estimate of drug-likeness (QED) is 0.188. The lowest BCUT2D eigenvalue weighted by atomic mass is 9.73. The van der Waals surface area contributed by atoms with Crippen molar-refractivity contribution in [2.45, 2.75) is 49.9 Å².